The minimum Gasteiger partial charge on any atom is -0.369 e. The van der Waals surface area contributed by atoms with Crippen LogP contribution in [-0.4, -0.2) is 11.4 Å². The van der Waals surface area contributed by atoms with Gasteiger partial charge in [-0.05, 0) is 17.5 Å². The van der Waals surface area contributed by atoms with Crippen LogP contribution in [0.1, 0.15) is 29.6 Å². The fourth-order valence-electron chi connectivity index (χ4n) is 2.83. The Kier molecular flexibility index (Phi) is 4.00. The zero-order valence-electron chi connectivity index (χ0n) is 10.7. The lowest BCUT2D eigenvalue weighted by Crippen LogP contribution is -2.07. The predicted molar refractivity (Wildman–Crippen MR) is 81.7 cm³/mol. The number of rotatable bonds is 3. The second-order valence-electron chi connectivity index (χ2n) is 5.00. The summed E-state index contributed by atoms with van der Waals surface area (Å²) < 4.78 is 6.22. The van der Waals surface area contributed by atoms with E-state index < -0.39 is 0 Å². The third-order valence-corrected chi connectivity index (χ3v) is 4.47. The van der Waals surface area contributed by atoms with Gasteiger partial charge in [0.1, 0.15) is 0 Å². The third-order valence-electron chi connectivity index (χ3n) is 3.75. The molecule has 0 N–H and O–H groups in total. The number of alkyl halides is 1. The van der Waals surface area contributed by atoms with Gasteiger partial charge in [-0.2, -0.15) is 0 Å². The van der Waals surface area contributed by atoms with Gasteiger partial charge >= 0.3 is 0 Å². The molecular formula is C17H17BrO. The molecule has 1 aliphatic rings. The molecular weight excluding hydrogens is 300 g/mol. The van der Waals surface area contributed by atoms with E-state index in [0.717, 1.165) is 11.8 Å². The van der Waals surface area contributed by atoms with Crippen molar-refractivity contribution in [3.8, 4) is 0 Å². The number of hydrogen-bond donors (Lipinski definition) is 0. The maximum Gasteiger partial charge on any atom is 0.0898 e. The summed E-state index contributed by atoms with van der Waals surface area (Å²) in [4.78, 5) is 0. The number of ether oxygens (including phenoxy) is 1. The Labute approximate surface area is 122 Å². The highest BCUT2D eigenvalue weighted by molar-refractivity contribution is 9.09. The van der Waals surface area contributed by atoms with Gasteiger partial charge in [0.25, 0.3) is 0 Å². The van der Waals surface area contributed by atoms with E-state index in [1.165, 1.54) is 11.1 Å². The first-order chi connectivity index (χ1) is 9.38. The molecule has 0 bridgehead atoms. The van der Waals surface area contributed by atoms with E-state index in [9.17, 15) is 0 Å². The highest BCUT2D eigenvalue weighted by Gasteiger charge is 2.36. The Bertz CT molecular complexity index is 464. The summed E-state index contributed by atoms with van der Waals surface area (Å²) in [6, 6.07) is 21.3. The average Bonchev–Trinajstić information content (AvgIpc) is 2.93. The van der Waals surface area contributed by atoms with E-state index in [4.69, 9.17) is 4.74 Å². The highest BCUT2D eigenvalue weighted by atomic mass is 79.9. The molecule has 1 fully saturated rings. The molecule has 0 unspecified atom stereocenters. The molecule has 0 amide bonds. The maximum absolute atomic E-state index is 6.22. The lowest BCUT2D eigenvalue weighted by molar-refractivity contribution is 0.0542. The van der Waals surface area contributed by atoms with Crippen molar-refractivity contribution >= 4 is 15.9 Å². The van der Waals surface area contributed by atoms with E-state index >= 15 is 0 Å². The molecule has 1 heterocycles. The Morgan fingerprint density at radius 1 is 0.895 bits per heavy atom. The van der Waals surface area contributed by atoms with Crippen LogP contribution in [0, 0.1) is 0 Å². The van der Waals surface area contributed by atoms with E-state index in [1.807, 2.05) is 0 Å². The molecule has 19 heavy (non-hydrogen) atoms. The monoisotopic (exact) mass is 316 g/mol. The Hall–Kier alpha value is -1.12. The second kappa shape index (κ2) is 5.89. The summed E-state index contributed by atoms with van der Waals surface area (Å²) in [5, 5.41) is 0.902. The summed E-state index contributed by atoms with van der Waals surface area (Å²) in [6.07, 6.45) is 1.55. The van der Waals surface area contributed by atoms with Gasteiger partial charge < -0.3 is 4.74 Å². The molecule has 98 valence electrons. The maximum atomic E-state index is 6.22. The van der Waals surface area contributed by atoms with Crippen LogP contribution in [0.5, 0.6) is 0 Å². The molecule has 0 aromatic heterocycles. The van der Waals surface area contributed by atoms with E-state index in [1.54, 1.807) is 0 Å². The Morgan fingerprint density at radius 3 is 2.05 bits per heavy atom. The van der Waals surface area contributed by atoms with Gasteiger partial charge in [0.15, 0.2) is 0 Å². The number of halogens is 1. The third kappa shape index (κ3) is 2.75. The normalized spacial score (nSPS) is 26.5. The molecule has 0 saturated carbocycles. The van der Waals surface area contributed by atoms with Crippen LogP contribution in [0.25, 0.3) is 0 Å². The van der Waals surface area contributed by atoms with E-state index in [2.05, 4.69) is 76.6 Å². The highest BCUT2D eigenvalue weighted by Crippen LogP contribution is 2.44. The van der Waals surface area contributed by atoms with Gasteiger partial charge in [-0.1, -0.05) is 76.6 Å². The molecule has 0 spiro atoms. The van der Waals surface area contributed by atoms with E-state index in [-0.39, 0.29) is 6.10 Å². The van der Waals surface area contributed by atoms with Crippen molar-refractivity contribution in [3.05, 3.63) is 71.8 Å². The van der Waals surface area contributed by atoms with Gasteiger partial charge in [-0.15, -0.1) is 0 Å². The summed E-state index contributed by atoms with van der Waals surface area (Å²) in [5.41, 5.74) is 2.65. The van der Waals surface area contributed by atoms with Gasteiger partial charge in [0.05, 0.1) is 12.2 Å². The molecule has 1 nitrogen and oxygen atoms in total. The van der Waals surface area contributed by atoms with Crippen molar-refractivity contribution in [2.45, 2.75) is 24.5 Å². The first kappa shape index (κ1) is 12.9. The van der Waals surface area contributed by atoms with Crippen LogP contribution in [0.3, 0.4) is 0 Å². The van der Waals surface area contributed by atoms with Crippen LogP contribution in [0.4, 0.5) is 0 Å². The van der Waals surface area contributed by atoms with Gasteiger partial charge in [-0.3, -0.25) is 0 Å². The Balaban J connectivity index is 1.92. The summed E-state index contributed by atoms with van der Waals surface area (Å²) >= 11 is 3.55. The van der Waals surface area contributed by atoms with Crippen LogP contribution in [0.2, 0.25) is 0 Å². The molecule has 2 aromatic carbocycles. The van der Waals surface area contributed by atoms with Crippen molar-refractivity contribution < 1.29 is 4.74 Å². The zero-order chi connectivity index (χ0) is 13.1. The largest absolute Gasteiger partial charge is 0.369 e. The standard InChI is InChI=1S/C17H17BrO/c18-12-15-11-16(13-7-3-1-4-8-13)17(19-15)14-9-5-2-6-10-14/h1-10,15-17H,11-12H2/t15-,16-,17+/m0/s1. The lowest BCUT2D eigenvalue weighted by Gasteiger charge is -2.19. The molecule has 0 aliphatic carbocycles. The Morgan fingerprint density at radius 2 is 1.47 bits per heavy atom. The van der Waals surface area contributed by atoms with Crippen molar-refractivity contribution in [1.29, 1.82) is 0 Å². The SMILES string of the molecule is BrC[C@@H]1C[C@@H](c2ccccc2)[C@@H](c2ccccc2)O1. The summed E-state index contributed by atoms with van der Waals surface area (Å²) in [5.74, 6) is 0.450. The second-order valence-corrected chi connectivity index (χ2v) is 5.64. The molecule has 1 aliphatic heterocycles. The summed E-state index contributed by atoms with van der Waals surface area (Å²) in [7, 11) is 0. The van der Waals surface area contributed by atoms with Crippen LogP contribution < -0.4 is 0 Å². The van der Waals surface area contributed by atoms with Gasteiger partial charge in [-0.25, -0.2) is 0 Å². The van der Waals surface area contributed by atoms with Crippen LogP contribution >= 0.6 is 15.9 Å². The molecule has 3 rings (SSSR count). The summed E-state index contributed by atoms with van der Waals surface area (Å²) in [6.45, 7) is 0. The molecule has 1 saturated heterocycles. The first-order valence-corrected chi connectivity index (χ1v) is 7.82. The molecule has 2 heteroatoms. The van der Waals surface area contributed by atoms with Crippen LogP contribution in [0.15, 0.2) is 60.7 Å². The minimum atomic E-state index is 0.172. The molecule has 0 radical (unpaired) electrons. The smallest absolute Gasteiger partial charge is 0.0898 e. The van der Waals surface area contributed by atoms with Crippen molar-refractivity contribution in [2.24, 2.45) is 0 Å². The van der Waals surface area contributed by atoms with Crippen molar-refractivity contribution in [3.63, 3.8) is 0 Å². The quantitative estimate of drug-likeness (QED) is 0.746. The number of hydrogen-bond acceptors (Lipinski definition) is 1. The van der Waals surface area contributed by atoms with E-state index in [0.29, 0.717) is 12.0 Å². The lowest BCUT2D eigenvalue weighted by atomic mass is 9.88. The topological polar surface area (TPSA) is 9.23 Å². The van der Waals surface area contributed by atoms with Crippen LogP contribution in [-0.2, 0) is 4.74 Å². The van der Waals surface area contributed by atoms with Gasteiger partial charge in [0.2, 0.25) is 0 Å². The first-order valence-electron chi connectivity index (χ1n) is 6.70. The fraction of sp³-hybridized carbons (Fsp3) is 0.294. The molecule has 3 atom stereocenters. The number of benzene rings is 2. The zero-order valence-corrected chi connectivity index (χ0v) is 12.3. The minimum absolute atomic E-state index is 0.172. The van der Waals surface area contributed by atoms with Crippen molar-refractivity contribution in [1.82, 2.24) is 0 Å². The average molecular weight is 317 g/mol. The predicted octanol–water partition coefficient (Wildman–Crippen LogP) is 4.70. The fourth-order valence-corrected chi connectivity index (χ4v) is 3.25. The van der Waals surface area contributed by atoms with Gasteiger partial charge in [0, 0.05) is 11.2 Å². The van der Waals surface area contributed by atoms with Crippen molar-refractivity contribution in [2.75, 3.05) is 5.33 Å². The molecule has 2 aromatic rings.